The highest BCUT2D eigenvalue weighted by Crippen LogP contribution is 2.21. The molecule has 0 aliphatic heterocycles. The molecule has 0 aliphatic carbocycles. The van der Waals surface area contributed by atoms with Crippen molar-refractivity contribution in [1.29, 1.82) is 0 Å². The highest BCUT2D eigenvalue weighted by atomic mass is 16.3. The first kappa shape index (κ1) is 12.8. The zero-order valence-electron chi connectivity index (χ0n) is 10.8. The van der Waals surface area contributed by atoms with Crippen LogP contribution in [0, 0.1) is 5.41 Å². The SMILES string of the molecule is CC(C)(CO)CCCNc1ncnc2nc[nH]c12. The van der Waals surface area contributed by atoms with Crippen LogP contribution in [0.15, 0.2) is 12.7 Å². The zero-order valence-corrected chi connectivity index (χ0v) is 10.8. The van der Waals surface area contributed by atoms with Crippen molar-refractivity contribution < 1.29 is 5.11 Å². The third kappa shape index (κ3) is 2.95. The molecule has 2 rings (SSSR count). The minimum absolute atomic E-state index is 0.0172. The Balaban J connectivity index is 1.89. The number of fused-ring (bicyclic) bond motifs is 1. The van der Waals surface area contributed by atoms with Crippen LogP contribution < -0.4 is 5.32 Å². The molecule has 0 fully saturated rings. The zero-order chi connectivity index (χ0) is 13.0. The average molecular weight is 249 g/mol. The van der Waals surface area contributed by atoms with Gasteiger partial charge in [-0.2, -0.15) is 0 Å². The first-order valence-corrected chi connectivity index (χ1v) is 6.11. The first-order chi connectivity index (χ1) is 8.62. The summed E-state index contributed by atoms with van der Waals surface area (Å²) in [5.41, 5.74) is 1.48. The highest BCUT2D eigenvalue weighted by Gasteiger charge is 2.15. The Labute approximate surface area is 106 Å². The number of aromatic nitrogens is 4. The number of imidazole rings is 1. The Morgan fingerprint density at radius 3 is 2.94 bits per heavy atom. The standard InChI is InChI=1S/C12H19N5O/c1-12(2,6-18)4-3-5-13-10-9-11(15-7-14-9)17-8-16-10/h7-8,18H,3-6H2,1-2H3,(H2,13,14,15,16,17). The number of rotatable bonds is 6. The van der Waals surface area contributed by atoms with Gasteiger partial charge in [0.05, 0.1) is 6.33 Å². The van der Waals surface area contributed by atoms with Gasteiger partial charge in [-0.1, -0.05) is 13.8 Å². The van der Waals surface area contributed by atoms with Crippen LogP contribution in [-0.4, -0.2) is 38.2 Å². The number of hydrogen-bond donors (Lipinski definition) is 3. The smallest absolute Gasteiger partial charge is 0.182 e. The molecule has 2 aromatic rings. The van der Waals surface area contributed by atoms with Gasteiger partial charge < -0.3 is 15.4 Å². The van der Waals surface area contributed by atoms with Crippen molar-refractivity contribution in [2.45, 2.75) is 26.7 Å². The molecule has 0 radical (unpaired) electrons. The minimum Gasteiger partial charge on any atom is -0.396 e. The van der Waals surface area contributed by atoms with Gasteiger partial charge in [-0.25, -0.2) is 15.0 Å². The lowest BCUT2D eigenvalue weighted by Gasteiger charge is -2.21. The molecule has 6 heteroatoms. The van der Waals surface area contributed by atoms with Crippen molar-refractivity contribution in [3.8, 4) is 0 Å². The number of anilines is 1. The van der Waals surface area contributed by atoms with Crippen molar-refractivity contribution in [1.82, 2.24) is 19.9 Å². The Morgan fingerprint density at radius 2 is 2.17 bits per heavy atom. The van der Waals surface area contributed by atoms with Crippen molar-refractivity contribution in [3.05, 3.63) is 12.7 Å². The second-order valence-electron chi connectivity index (χ2n) is 5.18. The number of nitrogens with one attached hydrogen (secondary N) is 2. The van der Waals surface area contributed by atoms with Crippen molar-refractivity contribution in [2.75, 3.05) is 18.5 Å². The summed E-state index contributed by atoms with van der Waals surface area (Å²) in [5.74, 6) is 0.777. The molecule has 0 spiro atoms. The summed E-state index contributed by atoms with van der Waals surface area (Å²) in [6, 6.07) is 0. The van der Waals surface area contributed by atoms with E-state index in [0.717, 1.165) is 30.7 Å². The number of aliphatic hydroxyl groups is 1. The second-order valence-corrected chi connectivity index (χ2v) is 5.18. The maximum absolute atomic E-state index is 9.17. The van der Waals surface area contributed by atoms with Crippen LogP contribution in [0.3, 0.4) is 0 Å². The summed E-state index contributed by atoms with van der Waals surface area (Å²) in [4.78, 5) is 15.3. The van der Waals surface area contributed by atoms with Crippen LogP contribution in [0.5, 0.6) is 0 Å². The molecule has 0 atom stereocenters. The molecule has 2 heterocycles. The normalized spacial score (nSPS) is 11.9. The fraction of sp³-hybridized carbons (Fsp3) is 0.583. The van der Waals surface area contributed by atoms with Gasteiger partial charge in [-0.05, 0) is 18.3 Å². The molecule has 98 valence electrons. The van der Waals surface area contributed by atoms with Gasteiger partial charge >= 0.3 is 0 Å². The van der Waals surface area contributed by atoms with E-state index in [4.69, 9.17) is 5.11 Å². The number of aliphatic hydroxyl groups excluding tert-OH is 1. The molecule has 0 unspecified atom stereocenters. The highest BCUT2D eigenvalue weighted by molar-refractivity contribution is 5.81. The predicted octanol–water partition coefficient (Wildman–Crippen LogP) is 1.56. The summed E-state index contributed by atoms with van der Waals surface area (Å²) < 4.78 is 0. The van der Waals surface area contributed by atoms with E-state index in [0.29, 0.717) is 5.65 Å². The van der Waals surface area contributed by atoms with Crippen LogP contribution in [0.1, 0.15) is 26.7 Å². The van der Waals surface area contributed by atoms with Gasteiger partial charge in [-0.15, -0.1) is 0 Å². The molecular weight excluding hydrogens is 230 g/mol. The quantitative estimate of drug-likeness (QED) is 0.676. The molecule has 0 aromatic carbocycles. The molecule has 2 aromatic heterocycles. The van der Waals surface area contributed by atoms with E-state index in [1.807, 2.05) is 0 Å². The van der Waals surface area contributed by atoms with Gasteiger partial charge in [0.1, 0.15) is 11.8 Å². The molecule has 3 N–H and O–H groups in total. The van der Waals surface area contributed by atoms with E-state index in [2.05, 4.69) is 39.1 Å². The summed E-state index contributed by atoms with van der Waals surface area (Å²) in [7, 11) is 0. The van der Waals surface area contributed by atoms with E-state index >= 15 is 0 Å². The number of aromatic amines is 1. The van der Waals surface area contributed by atoms with Crippen molar-refractivity contribution in [3.63, 3.8) is 0 Å². The van der Waals surface area contributed by atoms with Gasteiger partial charge in [-0.3, -0.25) is 0 Å². The van der Waals surface area contributed by atoms with E-state index in [1.54, 1.807) is 6.33 Å². The lowest BCUT2D eigenvalue weighted by atomic mass is 9.89. The molecule has 6 nitrogen and oxygen atoms in total. The number of nitrogens with zero attached hydrogens (tertiary/aromatic N) is 3. The molecule has 0 amide bonds. The topological polar surface area (TPSA) is 86.7 Å². The third-order valence-electron chi connectivity index (χ3n) is 2.97. The van der Waals surface area contributed by atoms with Gasteiger partial charge in [0.25, 0.3) is 0 Å². The Bertz CT molecular complexity index is 508. The van der Waals surface area contributed by atoms with Crippen molar-refractivity contribution in [2.24, 2.45) is 5.41 Å². The monoisotopic (exact) mass is 249 g/mol. The minimum atomic E-state index is -0.0172. The summed E-state index contributed by atoms with van der Waals surface area (Å²) >= 11 is 0. The van der Waals surface area contributed by atoms with Crippen LogP contribution >= 0.6 is 0 Å². The number of hydrogen-bond acceptors (Lipinski definition) is 5. The van der Waals surface area contributed by atoms with Crippen LogP contribution in [0.4, 0.5) is 5.82 Å². The van der Waals surface area contributed by atoms with E-state index in [-0.39, 0.29) is 12.0 Å². The van der Waals surface area contributed by atoms with Crippen LogP contribution in [-0.2, 0) is 0 Å². The molecule has 0 saturated heterocycles. The van der Waals surface area contributed by atoms with Crippen molar-refractivity contribution >= 4 is 17.0 Å². The average Bonchev–Trinajstić information content (AvgIpc) is 2.83. The lowest BCUT2D eigenvalue weighted by molar-refractivity contribution is 0.149. The Kier molecular flexibility index (Phi) is 3.76. The molecular formula is C12H19N5O. The Hall–Kier alpha value is -1.69. The lowest BCUT2D eigenvalue weighted by Crippen LogP contribution is -2.18. The van der Waals surface area contributed by atoms with Gasteiger partial charge in [0.15, 0.2) is 11.5 Å². The summed E-state index contributed by atoms with van der Waals surface area (Å²) in [6.07, 6.45) is 5.06. The summed E-state index contributed by atoms with van der Waals surface area (Å²) in [5, 5.41) is 12.4. The fourth-order valence-electron chi connectivity index (χ4n) is 1.75. The summed E-state index contributed by atoms with van der Waals surface area (Å²) in [6.45, 7) is 5.15. The van der Waals surface area contributed by atoms with E-state index < -0.39 is 0 Å². The van der Waals surface area contributed by atoms with Crippen LogP contribution in [0.2, 0.25) is 0 Å². The maximum atomic E-state index is 9.17. The number of H-pyrrole nitrogens is 1. The van der Waals surface area contributed by atoms with Gasteiger partial charge in [0, 0.05) is 13.2 Å². The first-order valence-electron chi connectivity index (χ1n) is 6.11. The van der Waals surface area contributed by atoms with E-state index in [1.165, 1.54) is 6.33 Å². The van der Waals surface area contributed by atoms with Gasteiger partial charge in [0.2, 0.25) is 0 Å². The molecule has 0 aliphatic rings. The van der Waals surface area contributed by atoms with E-state index in [9.17, 15) is 0 Å². The molecule has 0 saturated carbocycles. The largest absolute Gasteiger partial charge is 0.396 e. The second kappa shape index (κ2) is 5.30. The van der Waals surface area contributed by atoms with Crippen LogP contribution in [0.25, 0.3) is 11.2 Å². The molecule has 18 heavy (non-hydrogen) atoms. The predicted molar refractivity (Wildman–Crippen MR) is 70.3 cm³/mol. The Morgan fingerprint density at radius 1 is 1.33 bits per heavy atom. The third-order valence-corrected chi connectivity index (χ3v) is 2.97. The fourth-order valence-corrected chi connectivity index (χ4v) is 1.75. The molecule has 0 bridgehead atoms. The maximum Gasteiger partial charge on any atom is 0.182 e.